The van der Waals surface area contributed by atoms with Crippen molar-refractivity contribution in [3.05, 3.63) is 71.8 Å². The third-order valence-corrected chi connectivity index (χ3v) is 2.83. The number of carbonyl (C=O) groups is 2. The van der Waals surface area contributed by atoms with E-state index in [0.717, 1.165) is 6.08 Å². The minimum absolute atomic E-state index is 0.0670. The van der Waals surface area contributed by atoms with Crippen molar-refractivity contribution in [2.75, 3.05) is 0 Å². The molecule has 0 saturated heterocycles. The fourth-order valence-electron chi connectivity index (χ4n) is 1.79. The van der Waals surface area contributed by atoms with Crippen LogP contribution in [-0.4, -0.2) is 22.2 Å². The topological polar surface area (TPSA) is 83.8 Å². The average molecular weight is 310 g/mol. The molecule has 2 rings (SSSR count). The molecule has 0 aromatic heterocycles. The van der Waals surface area contributed by atoms with Crippen LogP contribution in [0.1, 0.15) is 11.1 Å². The molecular weight excluding hydrogens is 296 g/mol. The average Bonchev–Trinajstić information content (AvgIpc) is 2.52. The summed E-state index contributed by atoms with van der Waals surface area (Å²) in [5, 5.41) is 18.2. The van der Waals surface area contributed by atoms with Crippen LogP contribution in [-0.2, 0) is 9.59 Å². The lowest BCUT2D eigenvalue weighted by Gasteiger charge is -2.02. The summed E-state index contributed by atoms with van der Waals surface area (Å²) >= 11 is 0. The Morgan fingerprint density at radius 2 is 1.74 bits per heavy atom. The van der Waals surface area contributed by atoms with Crippen LogP contribution >= 0.6 is 0 Å². The van der Waals surface area contributed by atoms with E-state index in [1.807, 2.05) is 0 Å². The van der Waals surface area contributed by atoms with Gasteiger partial charge in [0, 0.05) is 17.7 Å². The van der Waals surface area contributed by atoms with Crippen LogP contribution in [0.15, 0.2) is 60.7 Å². The summed E-state index contributed by atoms with van der Waals surface area (Å²) in [6.45, 7) is 0. The molecule has 0 spiro atoms. The number of carboxylic acid groups (broad SMARTS) is 1. The van der Waals surface area contributed by atoms with Gasteiger partial charge in [-0.3, -0.25) is 0 Å². The molecule has 0 saturated carbocycles. The number of hydrogen-bond donors (Lipinski definition) is 2. The number of aromatic hydroxyl groups is 1. The molecule has 0 fully saturated rings. The lowest BCUT2D eigenvalue weighted by atomic mass is 10.2. The SMILES string of the molecule is O=C(O)C=Cc1cccc(OC(=O)C=Cc2ccccc2O)c1. The second kappa shape index (κ2) is 7.61. The highest BCUT2D eigenvalue weighted by Gasteiger charge is 2.02. The second-order valence-electron chi connectivity index (χ2n) is 4.56. The summed E-state index contributed by atoms with van der Waals surface area (Å²) in [5.74, 6) is -1.30. The third kappa shape index (κ3) is 5.17. The fourth-order valence-corrected chi connectivity index (χ4v) is 1.79. The Kier molecular flexibility index (Phi) is 5.30. The number of ether oxygens (including phenoxy) is 1. The van der Waals surface area contributed by atoms with Crippen LogP contribution in [0.4, 0.5) is 0 Å². The van der Waals surface area contributed by atoms with Crippen molar-refractivity contribution < 1.29 is 24.5 Å². The highest BCUT2D eigenvalue weighted by atomic mass is 16.5. The third-order valence-electron chi connectivity index (χ3n) is 2.83. The highest BCUT2D eigenvalue weighted by molar-refractivity contribution is 5.89. The van der Waals surface area contributed by atoms with Gasteiger partial charge in [0.1, 0.15) is 11.5 Å². The first-order valence-corrected chi connectivity index (χ1v) is 6.73. The molecular formula is C18H14O5. The van der Waals surface area contributed by atoms with Gasteiger partial charge in [-0.2, -0.15) is 0 Å². The molecule has 0 amide bonds. The fraction of sp³-hybridized carbons (Fsp3) is 0. The summed E-state index contributed by atoms with van der Waals surface area (Å²) < 4.78 is 5.13. The number of para-hydroxylation sites is 1. The van der Waals surface area contributed by atoms with Gasteiger partial charge in [0.15, 0.2) is 0 Å². The van der Waals surface area contributed by atoms with E-state index in [-0.39, 0.29) is 5.75 Å². The molecule has 5 nitrogen and oxygen atoms in total. The zero-order valence-corrected chi connectivity index (χ0v) is 12.0. The van der Waals surface area contributed by atoms with Crippen molar-refractivity contribution in [3.8, 4) is 11.5 Å². The standard InChI is InChI=1S/C18H14O5/c19-16-7-2-1-5-14(16)9-11-18(22)23-15-6-3-4-13(12-15)8-10-17(20)21/h1-12,19H,(H,20,21). The van der Waals surface area contributed by atoms with Gasteiger partial charge in [-0.05, 0) is 35.9 Å². The molecule has 0 aliphatic heterocycles. The maximum Gasteiger partial charge on any atom is 0.336 e. The van der Waals surface area contributed by atoms with E-state index in [0.29, 0.717) is 16.9 Å². The molecule has 23 heavy (non-hydrogen) atoms. The zero-order chi connectivity index (χ0) is 16.7. The molecule has 0 unspecified atom stereocenters. The molecule has 5 heteroatoms. The first-order chi connectivity index (χ1) is 11.0. The van der Waals surface area contributed by atoms with E-state index in [1.165, 1.54) is 24.3 Å². The quantitative estimate of drug-likeness (QED) is 0.503. The molecule has 2 aromatic rings. The van der Waals surface area contributed by atoms with E-state index in [1.54, 1.807) is 42.5 Å². The lowest BCUT2D eigenvalue weighted by molar-refractivity contribution is -0.131. The van der Waals surface area contributed by atoms with E-state index in [4.69, 9.17) is 9.84 Å². The Bertz CT molecular complexity index is 774. The van der Waals surface area contributed by atoms with Gasteiger partial charge in [0.2, 0.25) is 0 Å². The number of aliphatic carboxylic acids is 1. The summed E-state index contributed by atoms with van der Waals surface area (Å²) in [6, 6.07) is 13.1. The number of hydrogen-bond acceptors (Lipinski definition) is 4. The van der Waals surface area contributed by atoms with Crippen LogP contribution in [0, 0.1) is 0 Å². The molecule has 0 aliphatic carbocycles. The van der Waals surface area contributed by atoms with Crippen molar-refractivity contribution in [1.29, 1.82) is 0 Å². The lowest BCUT2D eigenvalue weighted by Crippen LogP contribution is -2.03. The zero-order valence-electron chi connectivity index (χ0n) is 12.0. The number of carboxylic acids is 1. The largest absolute Gasteiger partial charge is 0.507 e. The number of benzene rings is 2. The van der Waals surface area contributed by atoms with Crippen molar-refractivity contribution in [3.63, 3.8) is 0 Å². The minimum atomic E-state index is -1.06. The van der Waals surface area contributed by atoms with Crippen molar-refractivity contribution >= 4 is 24.1 Å². The van der Waals surface area contributed by atoms with Gasteiger partial charge < -0.3 is 14.9 Å². The van der Waals surface area contributed by atoms with Gasteiger partial charge in [0.05, 0.1) is 0 Å². The molecule has 116 valence electrons. The van der Waals surface area contributed by atoms with Crippen molar-refractivity contribution in [2.24, 2.45) is 0 Å². The molecule has 2 aromatic carbocycles. The van der Waals surface area contributed by atoms with E-state index in [9.17, 15) is 14.7 Å². The van der Waals surface area contributed by atoms with Gasteiger partial charge in [-0.15, -0.1) is 0 Å². The predicted octanol–water partition coefficient (Wildman–Crippen LogP) is 3.11. The number of carbonyl (C=O) groups excluding carboxylic acids is 1. The molecule has 0 radical (unpaired) electrons. The number of rotatable bonds is 5. The predicted molar refractivity (Wildman–Crippen MR) is 85.9 cm³/mol. The Hall–Kier alpha value is -3.34. The maximum atomic E-state index is 11.8. The minimum Gasteiger partial charge on any atom is -0.507 e. The Balaban J connectivity index is 2.04. The van der Waals surface area contributed by atoms with E-state index in [2.05, 4.69) is 0 Å². The van der Waals surface area contributed by atoms with Gasteiger partial charge >= 0.3 is 11.9 Å². The second-order valence-corrected chi connectivity index (χ2v) is 4.56. The van der Waals surface area contributed by atoms with Gasteiger partial charge in [-0.25, -0.2) is 9.59 Å². The summed E-state index contributed by atoms with van der Waals surface area (Å²) in [5.41, 5.74) is 1.10. The Morgan fingerprint density at radius 1 is 0.957 bits per heavy atom. The summed E-state index contributed by atoms with van der Waals surface area (Å²) in [6.07, 6.45) is 5.05. The molecule has 0 atom stereocenters. The monoisotopic (exact) mass is 310 g/mol. The normalized spacial score (nSPS) is 11.0. The number of esters is 1. The number of phenolic OH excluding ortho intramolecular Hbond substituents is 1. The highest BCUT2D eigenvalue weighted by Crippen LogP contribution is 2.18. The summed E-state index contributed by atoms with van der Waals surface area (Å²) in [7, 11) is 0. The van der Waals surface area contributed by atoms with Crippen molar-refractivity contribution in [1.82, 2.24) is 0 Å². The first-order valence-electron chi connectivity index (χ1n) is 6.73. The van der Waals surface area contributed by atoms with Crippen LogP contribution < -0.4 is 4.74 Å². The summed E-state index contributed by atoms with van der Waals surface area (Å²) in [4.78, 5) is 22.3. The molecule has 0 aliphatic rings. The van der Waals surface area contributed by atoms with E-state index >= 15 is 0 Å². The van der Waals surface area contributed by atoms with Crippen LogP contribution in [0.5, 0.6) is 11.5 Å². The van der Waals surface area contributed by atoms with Gasteiger partial charge in [0.25, 0.3) is 0 Å². The van der Waals surface area contributed by atoms with E-state index < -0.39 is 11.9 Å². The smallest absolute Gasteiger partial charge is 0.336 e. The molecule has 0 heterocycles. The Morgan fingerprint density at radius 3 is 2.48 bits per heavy atom. The Labute approximate surface area is 132 Å². The number of phenols is 1. The molecule has 2 N–H and O–H groups in total. The van der Waals surface area contributed by atoms with Gasteiger partial charge in [-0.1, -0.05) is 30.3 Å². The molecule has 0 bridgehead atoms. The van der Waals surface area contributed by atoms with Crippen molar-refractivity contribution in [2.45, 2.75) is 0 Å². The first kappa shape index (κ1) is 16.0. The van der Waals surface area contributed by atoms with Crippen LogP contribution in [0.2, 0.25) is 0 Å². The van der Waals surface area contributed by atoms with Crippen LogP contribution in [0.3, 0.4) is 0 Å². The van der Waals surface area contributed by atoms with Crippen LogP contribution in [0.25, 0.3) is 12.2 Å². The maximum absolute atomic E-state index is 11.8.